The van der Waals surface area contributed by atoms with Crippen LogP contribution in [0.1, 0.15) is 119 Å². The summed E-state index contributed by atoms with van der Waals surface area (Å²) in [6.07, 6.45) is 13.2. The Hall–Kier alpha value is -0.160. The van der Waals surface area contributed by atoms with E-state index in [4.69, 9.17) is 4.74 Å². The SMILES string of the molecule is C[CH-]CCCC(C)(O)CCCC(C)(O)CCCC1(C)CCC2CC(O)C(C)C(C)C2O1. The molecule has 0 amide bonds. The number of aliphatic hydroxyl groups is 3. The molecule has 2 aliphatic rings. The van der Waals surface area contributed by atoms with E-state index in [-0.39, 0.29) is 17.8 Å². The zero-order valence-electron chi connectivity index (χ0n) is 21.2. The van der Waals surface area contributed by atoms with Crippen LogP contribution >= 0.6 is 0 Å². The third-order valence-corrected chi connectivity index (χ3v) is 8.49. The minimum atomic E-state index is -0.683. The van der Waals surface area contributed by atoms with E-state index in [0.29, 0.717) is 17.8 Å². The molecule has 1 saturated carbocycles. The molecule has 1 heterocycles. The maximum absolute atomic E-state index is 10.9. The first-order valence-corrected chi connectivity index (χ1v) is 13.0. The highest BCUT2D eigenvalue weighted by molar-refractivity contribution is 4.96. The minimum absolute atomic E-state index is 0.118. The van der Waals surface area contributed by atoms with Gasteiger partial charge in [0, 0.05) is 0 Å². The number of unbranched alkanes of at least 4 members (excludes halogenated alkanes) is 2. The number of hydrogen-bond donors (Lipinski definition) is 3. The van der Waals surface area contributed by atoms with E-state index in [1.54, 1.807) is 0 Å². The third-order valence-electron chi connectivity index (χ3n) is 8.49. The van der Waals surface area contributed by atoms with Crippen molar-refractivity contribution in [2.45, 2.75) is 148 Å². The number of aliphatic hydroxyl groups excluding tert-OH is 1. The van der Waals surface area contributed by atoms with Crippen LogP contribution in [0.3, 0.4) is 0 Å². The lowest BCUT2D eigenvalue weighted by Crippen LogP contribution is -2.52. The van der Waals surface area contributed by atoms with Crippen molar-refractivity contribution < 1.29 is 20.1 Å². The fourth-order valence-corrected chi connectivity index (χ4v) is 5.92. The van der Waals surface area contributed by atoms with E-state index >= 15 is 0 Å². The molecule has 0 aromatic carbocycles. The molecule has 0 spiro atoms. The normalized spacial score (nSPS) is 37.6. The van der Waals surface area contributed by atoms with Crippen LogP contribution in [0.5, 0.6) is 0 Å². The molecule has 0 bridgehead atoms. The van der Waals surface area contributed by atoms with E-state index in [1.165, 1.54) is 0 Å². The van der Waals surface area contributed by atoms with Gasteiger partial charge in [0.1, 0.15) is 0 Å². The highest BCUT2D eigenvalue weighted by Crippen LogP contribution is 2.46. The maximum Gasteiger partial charge on any atom is 0.0658 e. The van der Waals surface area contributed by atoms with E-state index < -0.39 is 11.2 Å². The highest BCUT2D eigenvalue weighted by Gasteiger charge is 2.46. The van der Waals surface area contributed by atoms with Gasteiger partial charge in [0.2, 0.25) is 0 Å². The fourth-order valence-electron chi connectivity index (χ4n) is 5.92. The summed E-state index contributed by atoms with van der Waals surface area (Å²) in [5.74, 6) is 1.17. The Labute approximate surface area is 192 Å². The molecule has 184 valence electrons. The van der Waals surface area contributed by atoms with E-state index in [9.17, 15) is 15.3 Å². The molecule has 2 fully saturated rings. The molecular weight excluding hydrogens is 388 g/mol. The predicted octanol–water partition coefficient (Wildman–Crippen LogP) is 5.81. The van der Waals surface area contributed by atoms with Gasteiger partial charge in [-0.2, -0.15) is 13.3 Å². The first kappa shape index (κ1) is 27.1. The highest BCUT2D eigenvalue weighted by atomic mass is 16.5. The molecule has 4 heteroatoms. The smallest absolute Gasteiger partial charge is 0.0658 e. The second kappa shape index (κ2) is 11.3. The summed E-state index contributed by atoms with van der Waals surface area (Å²) >= 11 is 0. The maximum atomic E-state index is 10.9. The van der Waals surface area contributed by atoms with E-state index in [2.05, 4.69) is 34.1 Å². The summed E-state index contributed by atoms with van der Waals surface area (Å²) in [7, 11) is 0. The van der Waals surface area contributed by atoms with Gasteiger partial charge in [0.05, 0.1) is 29.0 Å². The van der Waals surface area contributed by atoms with Gasteiger partial charge in [-0.1, -0.05) is 20.3 Å². The third kappa shape index (κ3) is 8.28. The number of hydrogen-bond acceptors (Lipinski definition) is 4. The van der Waals surface area contributed by atoms with Crippen LogP contribution in [0.4, 0.5) is 0 Å². The van der Waals surface area contributed by atoms with Crippen molar-refractivity contribution in [3.05, 3.63) is 6.42 Å². The van der Waals surface area contributed by atoms with Gasteiger partial charge >= 0.3 is 0 Å². The largest absolute Gasteiger partial charge is 0.393 e. The van der Waals surface area contributed by atoms with Gasteiger partial charge in [-0.15, -0.1) is 0 Å². The van der Waals surface area contributed by atoms with Crippen molar-refractivity contribution in [3.63, 3.8) is 0 Å². The minimum Gasteiger partial charge on any atom is -0.393 e. The molecule has 1 aliphatic carbocycles. The quantitative estimate of drug-likeness (QED) is 0.265. The van der Waals surface area contributed by atoms with Crippen LogP contribution in [-0.4, -0.2) is 44.3 Å². The molecule has 0 radical (unpaired) electrons. The van der Waals surface area contributed by atoms with Crippen molar-refractivity contribution in [2.75, 3.05) is 0 Å². The lowest BCUT2D eigenvalue weighted by molar-refractivity contribution is -0.200. The summed E-state index contributed by atoms with van der Waals surface area (Å²) in [6, 6.07) is 0. The summed E-state index contributed by atoms with van der Waals surface area (Å²) in [6.45, 7) is 12.6. The van der Waals surface area contributed by atoms with Crippen LogP contribution in [0.2, 0.25) is 0 Å². The summed E-state index contributed by atoms with van der Waals surface area (Å²) in [5.41, 5.74) is -1.43. The lowest BCUT2D eigenvalue weighted by Gasteiger charge is -2.51. The lowest BCUT2D eigenvalue weighted by atomic mass is 9.67. The molecule has 2 rings (SSSR count). The first-order valence-electron chi connectivity index (χ1n) is 13.0. The summed E-state index contributed by atoms with van der Waals surface area (Å²) < 4.78 is 6.67. The van der Waals surface area contributed by atoms with Gasteiger partial charge in [-0.3, -0.25) is 0 Å². The van der Waals surface area contributed by atoms with Crippen molar-refractivity contribution in [1.82, 2.24) is 0 Å². The van der Waals surface area contributed by atoms with Gasteiger partial charge in [-0.05, 0) is 103 Å². The van der Waals surface area contributed by atoms with Crippen LogP contribution in [-0.2, 0) is 4.74 Å². The molecule has 3 N–H and O–H groups in total. The Morgan fingerprint density at radius 1 is 0.968 bits per heavy atom. The van der Waals surface area contributed by atoms with Gasteiger partial charge < -0.3 is 26.5 Å². The van der Waals surface area contributed by atoms with Crippen molar-refractivity contribution in [2.24, 2.45) is 17.8 Å². The molecule has 4 nitrogen and oxygen atoms in total. The van der Waals surface area contributed by atoms with Gasteiger partial charge in [0.25, 0.3) is 0 Å². The first-order chi connectivity index (χ1) is 14.4. The molecule has 1 aliphatic heterocycles. The zero-order chi connectivity index (χ0) is 23.3. The Balaban J connectivity index is 1.73. The molecule has 1 saturated heterocycles. The average Bonchev–Trinajstić information content (AvgIpc) is 2.67. The second-order valence-corrected chi connectivity index (χ2v) is 11.9. The summed E-state index contributed by atoms with van der Waals surface area (Å²) in [5, 5.41) is 31.7. The second-order valence-electron chi connectivity index (χ2n) is 11.9. The Bertz CT molecular complexity index is 529. The number of fused-ring (bicyclic) bond motifs is 1. The molecule has 8 atom stereocenters. The van der Waals surface area contributed by atoms with E-state index in [1.807, 2.05) is 13.8 Å². The standard InChI is InChI=1S/C27H51O4/c1-7-8-9-13-25(4,29)14-10-15-26(5,30)16-11-17-27(6)18-12-22-19-23(28)20(2)21(3)24(22)31-27/h7,20-24,28-30H,8-19H2,1-6H3/q-1. The zero-order valence-corrected chi connectivity index (χ0v) is 21.2. The molecule has 8 unspecified atom stereocenters. The van der Waals surface area contributed by atoms with Crippen LogP contribution in [0.25, 0.3) is 0 Å². The summed E-state index contributed by atoms with van der Waals surface area (Å²) in [4.78, 5) is 0. The molecular formula is C27H51O4-. The molecule has 0 aromatic rings. The number of ether oxygens (including phenoxy) is 1. The molecule has 31 heavy (non-hydrogen) atoms. The van der Waals surface area contributed by atoms with Crippen LogP contribution in [0, 0.1) is 24.2 Å². The van der Waals surface area contributed by atoms with Crippen molar-refractivity contribution in [3.8, 4) is 0 Å². The Kier molecular flexibility index (Phi) is 9.88. The van der Waals surface area contributed by atoms with Crippen molar-refractivity contribution in [1.29, 1.82) is 0 Å². The molecule has 0 aromatic heterocycles. The monoisotopic (exact) mass is 439 g/mol. The van der Waals surface area contributed by atoms with Crippen molar-refractivity contribution >= 4 is 0 Å². The number of rotatable bonds is 12. The topological polar surface area (TPSA) is 69.9 Å². The van der Waals surface area contributed by atoms with Crippen LogP contribution < -0.4 is 0 Å². The van der Waals surface area contributed by atoms with Gasteiger partial charge in [-0.25, -0.2) is 0 Å². The average molecular weight is 440 g/mol. The Morgan fingerprint density at radius 2 is 1.55 bits per heavy atom. The van der Waals surface area contributed by atoms with E-state index in [0.717, 1.165) is 77.0 Å². The fraction of sp³-hybridized carbons (Fsp3) is 0.963. The predicted molar refractivity (Wildman–Crippen MR) is 128 cm³/mol. The van der Waals surface area contributed by atoms with Gasteiger partial charge in [0.15, 0.2) is 0 Å². The Morgan fingerprint density at radius 3 is 2.16 bits per heavy atom. The van der Waals surface area contributed by atoms with Crippen LogP contribution in [0.15, 0.2) is 0 Å².